The topological polar surface area (TPSA) is 50.2 Å². The Bertz CT molecular complexity index is 502. The number of benzene rings is 1. The van der Waals surface area contributed by atoms with Gasteiger partial charge in [0.05, 0.1) is 5.52 Å². The van der Waals surface area contributed by atoms with Crippen molar-refractivity contribution in [2.45, 2.75) is 0 Å². The quantitative estimate of drug-likeness (QED) is 0.766. The lowest BCUT2D eigenvalue weighted by Gasteiger charge is -1.93. The number of rotatable bonds is 2. The maximum absolute atomic E-state index is 10.3. The summed E-state index contributed by atoms with van der Waals surface area (Å²) >= 11 is 1.37. The molecule has 0 bridgehead atoms. The van der Waals surface area contributed by atoms with Crippen molar-refractivity contribution in [2.75, 3.05) is 0 Å². The number of hydrogen-bond donors (Lipinski definition) is 1. The number of hydrogen-bond acceptors (Lipinski definition) is 3. The highest BCUT2D eigenvalue weighted by Crippen LogP contribution is 2.20. The predicted octanol–water partition coefficient (Wildman–Crippen LogP) is 2.39. The van der Waals surface area contributed by atoms with Gasteiger partial charge < -0.3 is 5.11 Å². The average Bonchev–Trinajstić information content (AvgIpc) is 2.62. The molecule has 0 saturated heterocycles. The van der Waals surface area contributed by atoms with Gasteiger partial charge in [0, 0.05) is 16.8 Å². The maximum atomic E-state index is 10.3. The summed E-state index contributed by atoms with van der Waals surface area (Å²) in [5.74, 6) is -0.940. The molecule has 0 radical (unpaired) electrons. The van der Waals surface area contributed by atoms with E-state index in [4.69, 9.17) is 5.11 Å². The van der Waals surface area contributed by atoms with E-state index in [-0.39, 0.29) is 0 Å². The number of carboxylic acids is 1. The van der Waals surface area contributed by atoms with Crippen molar-refractivity contribution in [1.82, 2.24) is 4.37 Å². The molecule has 0 atom stereocenters. The zero-order chi connectivity index (χ0) is 9.97. The van der Waals surface area contributed by atoms with Crippen LogP contribution in [0.2, 0.25) is 0 Å². The number of carboxylic acid groups (broad SMARTS) is 1. The van der Waals surface area contributed by atoms with E-state index in [1.807, 2.05) is 23.6 Å². The summed E-state index contributed by atoms with van der Waals surface area (Å²) in [4.78, 5) is 10.3. The summed E-state index contributed by atoms with van der Waals surface area (Å²) in [5, 5.41) is 11.4. The molecule has 3 nitrogen and oxygen atoms in total. The summed E-state index contributed by atoms with van der Waals surface area (Å²) < 4.78 is 4.17. The Balaban J connectivity index is 2.51. The van der Waals surface area contributed by atoms with Gasteiger partial charge in [-0.25, -0.2) is 4.79 Å². The van der Waals surface area contributed by atoms with E-state index < -0.39 is 5.97 Å². The Morgan fingerprint density at radius 3 is 3.14 bits per heavy atom. The van der Waals surface area contributed by atoms with Crippen molar-refractivity contribution in [1.29, 1.82) is 0 Å². The molecule has 14 heavy (non-hydrogen) atoms. The Kier molecular flexibility index (Phi) is 2.28. The number of aromatic nitrogens is 1. The van der Waals surface area contributed by atoms with Crippen LogP contribution in [0.25, 0.3) is 17.0 Å². The van der Waals surface area contributed by atoms with Crippen LogP contribution in [0, 0.1) is 0 Å². The van der Waals surface area contributed by atoms with Gasteiger partial charge in [0.15, 0.2) is 0 Å². The van der Waals surface area contributed by atoms with E-state index >= 15 is 0 Å². The average molecular weight is 205 g/mol. The van der Waals surface area contributed by atoms with Crippen LogP contribution in [0.15, 0.2) is 29.7 Å². The zero-order valence-corrected chi connectivity index (χ0v) is 7.99. The van der Waals surface area contributed by atoms with Crippen molar-refractivity contribution in [3.63, 3.8) is 0 Å². The Hall–Kier alpha value is -1.68. The highest BCUT2D eigenvalue weighted by Gasteiger charge is 1.99. The van der Waals surface area contributed by atoms with Crippen LogP contribution in [-0.2, 0) is 4.79 Å². The van der Waals surface area contributed by atoms with Crippen molar-refractivity contribution >= 4 is 34.5 Å². The molecule has 1 aromatic carbocycles. The molecule has 0 aliphatic rings. The minimum Gasteiger partial charge on any atom is -0.478 e. The third kappa shape index (κ3) is 1.65. The van der Waals surface area contributed by atoms with E-state index in [1.165, 1.54) is 11.5 Å². The first kappa shape index (κ1) is 8.90. The molecule has 1 N–H and O–H groups in total. The molecule has 1 heterocycles. The fourth-order valence-electron chi connectivity index (χ4n) is 1.22. The Morgan fingerprint density at radius 1 is 1.50 bits per heavy atom. The van der Waals surface area contributed by atoms with Gasteiger partial charge in [-0.05, 0) is 29.2 Å². The van der Waals surface area contributed by atoms with Gasteiger partial charge in [0.25, 0.3) is 0 Å². The maximum Gasteiger partial charge on any atom is 0.328 e. The SMILES string of the molecule is O=C(O)C=Cc1cccc2nscc12. The van der Waals surface area contributed by atoms with E-state index in [9.17, 15) is 4.79 Å². The smallest absolute Gasteiger partial charge is 0.328 e. The van der Waals surface area contributed by atoms with Crippen LogP contribution in [-0.4, -0.2) is 15.4 Å². The van der Waals surface area contributed by atoms with E-state index in [2.05, 4.69) is 4.37 Å². The molecule has 0 amide bonds. The number of carbonyl (C=O) groups is 1. The highest BCUT2D eigenvalue weighted by atomic mass is 32.1. The number of fused-ring (bicyclic) bond motifs is 1. The van der Waals surface area contributed by atoms with Crippen molar-refractivity contribution in [3.8, 4) is 0 Å². The molecule has 0 aliphatic heterocycles. The van der Waals surface area contributed by atoms with Gasteiger partial charge in [-0.1, -0.05) is 12.1 Å². The second kappa shape index (κ2) is 3.59. The van der Waals surface area contributed by atoms with Crippen LogP contribution in [0.4, 0.5) is 0 Å². The second-order valence-corrected chi connectivity index (χ2v) is 3.40. The minimum absolute atomic E-state index is 0.888. The van der Waals surface area contributed by atoms with E-state index in [0.717, 1.165) is 22.5 Å². The normalized spacial score (nSPS) is 11.1. The highest BCUT2D eigenvalue weighted by molar-refractivity contribution is 7.04. The molecule has 0 spiro atoms. The molecule has 0 unspecified atom stereocenters. The summed E-state index contributed by atoms with van der Waals surface area (Å²) in [6, 6.07) is 5.64. The van der Waals surface area contributed by atoms with Crippen molar-refractivity contribution < 1.29 is 9.90 Å². The zero-order valence-electron chi connectivity index (χ0n) is 7.18. The van der Waals surface area contributed by atoms with Gasteiger partial charge in [-0.15, -0.1) is 0 Å². The van der Waals surface area contributed by atoms with Gasteiger partial charge in [-0.2, -0.15) is 4.37 Å². The third-order valence-corrected chi connectivity index (χ3v) is 2.49. The van der Waals surface area contributed by atoms with Crippen LogP contribution in [0.5, 0.6) is 0 Å². The summed E-state index contributed by atoms with van der Waals surface area (Å²) in [7, 11) is 0. The lowest BCUT2D eigenvalue weighted by atomic mass is 10.1. The van der Waals surface area contributed by atoms with Crippen molar-refractivity contribution in [3.05, 3.63) is 35.2 Å². The molecule has 0 aliphatic carbocycles. The fourth-order valence-corrected chi connectivity index (χ4v) is 1.91. The molecule has 1 aromatic heterocycles. The second-order valence-electron chi connectivity index (χ2n) is 2.77. The van der Waals surface area contributed by atoms with E-state index in [0.29, 0.717) is 0 Å². The summed E-state index contributed by atoms with van der Waals surface area (Å²) in [6.07, 6.45) is 2.71. The molecule has 0 fully saturated rings. The lowest BCUT2D eigenvalue weighted by molar-refractivity contribution is -0.131. The first-order valence-electron chi connectivity index (χ1n) is 4.01. The van der Waals surface area contributed by atoms with Crippen molar-refractivity contribution in [2.24, 2.45) is 0 Å². The first-order valence-corrected chi connectivity index (χ1v) is 4.85. The summed E-state index contributed by atoms with van der Waals surface area (Å²) in [5.41, 5.74) is 1.79. The van der Waals surface area contributed by atoms with Gasteiger partial charge in [-0.3, -0.25) is 0 Å². The molecule has 4 heteroatoms. The Morgan fingerprint density at radius 2 is 2.36 bits per heavy atom. The number of nitrogens with zero attached hydrogens (tertiary/aromatic N) is 1. The molecule has 2 aromatic rings. The van der Waals surface area contributed by atoms with Gasteiger partial charge in [0.1, 0.15) is 0 Å². The largest absolute Gasteiger partial charge is 0.478 e. The molecular formula is C10H7NO2S. The van der Waals surface area contributed by atoms with E-state index in [1.54, 1.807) is 6.08 Å². The molecule has 0 saturated carbocycles. The molecular weight excluding hydrogens is 198 g/mol. The first-order chi connectivity index (χ1) is 6.77. The minimum atomic E-state index is -0.940. The van der Waals surface area contributed by atoms with Crippen LogP contribution < -0.4 is 0 Å². The van der Waals surface area contributed by atoms with Crippen LogP contribution in [0.1, 0.15) is 5.56 Å². The standard InChI is InChI=1S/C10H7NO2S/c12-10(13)5-4-7-2-1-3-9-8(7)6-14-11-9/h1-6H,(H,12,13). The molecule has 70 valence electrons. The predicted molar refractivity (Wildman–Crippen MR) is 56.3 cm³/mol. The van der Waals surface area contributed by atoms with Gasteiger partial charge in [0.2, 0.25) is 0 Å². The van der Waals surface area contributed by atoms with Crippen LogP contribution in [0.3, 0.4) is 0 Å². The summed E-state index contributed by atoms with van der Waals surface area (Å²) in [6.45, 7) is 0. The fraction of sp³-hybridized carbons (Fsp3) is 0. The number of aliphatic carboxylic acids is 1. The van der Waals surface area contributed by atoms with Gasteiger partial charge >= 0.3 is 5.97 Å². The Labute approximate surface area is 84.5 Å². The van der Waals surface area contributed by atoms with Crippen LogP contribution >= 0.6 is 11.5 Å². The monoisotopic (exact) mass is 205 g/mol. The lowest BCUT2D eigenvalue weighted by Crippen LogP contribution is -1.85. The molecule has 2 rings (SSSR count). The third-order valence-electron chi connectivity index (χ3n) is 1.84.